The van der Waals surface area contributed by atoms with Crippen molar-refractivity contribution in [3.05, 3.63) is 64.1 Å². The fourth-order valence-corrected chi connectivity index (χ4v) is 1.82. The first-order chi connectivity index (χ1) is 10.1. The van der Waals surface area contributed by atoms with Crippen LogP contribution in [0.3, 0.4) is 0 Å². The molecule has 0 unspecified atom stereocenters. The Morgan fingerprint density at radius 3 is 2.67 bits per heavy atom. The molecule has 0 spiro atoms. The molecule has 0 fully saturated rings. The smallest absolute Gasteiger partial charge is 0.258 e. The fourth-order valence-electron chi connectivity index (χ4n) is 1.82. The minimum Gasteiger partial charge on any atom is -0.484 e. The molecule has 2 rings (SSSR count). The molecule has 0 aliphatic heterocycles. The van der Waals surface area contributed by atoms with Crippen molar-refractivity contribution in [1.82, 2.24) is 9.88 Å². The number of hydrogen-bond acceptors (Lipinski definition) is 3. The zero-order chi connectivity index (χ0) is 15.2. The second-order valence-corrected chi connectivity index (χ2v) is 4.83. The number of rotatable bonds is 5. The third kappa shape index (κ3) is 4.21. The van der Waals surface area contributed by atoms with Gasteiger partial charge in [0.2, 0.25) is 0 Å². The number of carbonyl (C=O) groups is 1. The normalized spacial score (nSPS) is 10.2. The van der Waals surface area contributed by atoms with Crippen LogP contribution in [-0.4, -0.2) is 17.1 Å². The topological polar surface area (TPSA) is 60.3 Å². The highest BCUT2D eigenvalue weighted by molar-refractivity contribution is 5.77. The molecule has 5 nitrogen and oxygen atoms in total. The summed E-state index contributed by atoms with van der Waals surface area (Å²) in [6.45, 7) is 2.11. The summed E-state index contributed by atoms with van der Waals surface area (Å²) in [6.07, 6.45) is 1.67. The van der Waals surface area contributed by atoms with Gasteiger partial charge in [0.15, 0.2) is 6.61 Å². The Kier molecular flexibility index (Phi) is 4.77. The summed E-state index contributed by atoms with van der Waals surface area (Å²) < 4.78 is 6.85. The van der Waals surface area contributed by atoms with Crippen molar-refractivity contribution in [2.24, 2.45) is 7.05 Å². The molecule has 1 heterocycles. The molecule has 1 aromatic carbocycles. The van der Waals surface area contributed by atoms with Gasteiger partial charge in [-0.05, 0) is 25.1 Å². The molecular weight excluding hydrogens is 268 g/mol. The standard InChI is InChI=1S/C16H18N2O3/c1-12-5-7-14(8-6-12)21-11-15(19)17-10-13-4-3-9-18(2)16(13)20/h3-9H,10-11H2,1-2H3,(H,17,19). The Labute approximate surface area is 123 Å². The van der Waals surface area contributed by atoms with E-state index in [1.165, 1.54) is 4.57 Å². The van der Waals surface area contributed by atoms with E-state index < -0.39 is 0 Å². The van der Waals surface area contributed by atoms with Crippen molar-refractivity contribution in [3.8, 4) is 5.75 Å². The molecule has 0 aliphatic rings. The van der Waals surface area contributed by atoms with Crippen molar-refractivity contribution in [2.75, 3.05) is 6.61 Å². The Hall–Kier alpha value is -2.56. The van der Waals surface area contributed by atoms with E-state index in [9.17, 15) is 9.59 Å². The summed E-state index contributed by atoms with van der Waals surface area (Å²) in [7, 11) is 1.67. The molecular formula is C16H18N2O3. The second kappa shape index (κ2) is 6.74. The summed E-state index contributed by atoms with van der Waals surface area (Å²) in [4.78, 5) is 23.5. The number of nitrogens with one attached hydrogen (secondary N) is 1. The van der Waals surface area contributed by atoms with Gasteiger partial charge >= 0.3 is 0 Å². The third-order valence-electron chi connectivity index (χ3n) is 3.07. The predicted octanol–water partition coefficient (Wildman–Crippen LogP) is 1.39. The number of carbonyl (C=O) groups excluding carboxylic acids is 1. The highest BCUT2D eigenvalue weighted by Gasteiger charge is 2.05. The van der Waals surface area contributed by atoms with Gasteiger partial charge in [0.25, 0.3) is 11.5 Å². The first kappa shape index (κ1) is 14.8. The van der Waals surface area contributed by atoms with Crippen LogP contribution in [0.1, 0.15) is 11.1 Å². The summed E-state index contributed by atoms with van der Waals surface area (Å²) in [6, 6.07) is 10.9. The first-order valence-corrected chi connectivity index (χ1v) is 6.67. The number of benzene rings is 1. The molecule has 1 aromatic heterocycles. The lowest BCUT2D eigenvalue weighted by atomic mass is 10.2. The average molecular weight is 286 g/mol. The SMILES string of the molecule is Cc1ccc(OCC(=O)NCc2cccn(C)c2=O)cc1. The minimum atomic E-state index is -0.263. The van der Waals surface area contributed by atoms with Crippen molar-refractivity contribution in [3.63, 3.8) is 0 Å². The maximum absolute atomic E-state index is 11.8. The van der Waals surface area contributed by atoms with Crippen molar-refractivity contribution in [2.45, 2.75) is 13.5 Å². The van der Waals surface area contributed by atoms with E-state index in [4.69, 9.17) is 4.74 Å². The Morgan fingerprint density at radius 2 is 1.95 bits per heavy atom. The van der Waals surface area contributed by atoms with Gasteiger partial charge in [-0.2, -0.15) is 0 Å². The first-order valence-electron chi connectivity index (χ1n) is 6.67. The van der Waals surface area contributed by atoms with E-state index in [1.807, 2.05) is 31.2 Å². The van der Waals surface area contributed by atoms with Crippen LogP contribution in [-0.2, 0) is 18.4 Å². The highest BCUT2D eigenvalue weighted by atomic mass is 16.5. The minimum absolute atomic E-state index is 0.0732. The number of aromatic nitrogens is 1. The maximum Gasteiger partial charge on any atom is 0.258 e. The van der Waals surface area contributed by atoms with E-state index in [2.05, 4.69) is 5.32 Å². The Balaban J connectivity index is 1.83. The average Bonchev–Trinajstić information content (AvgIpc) is 2.48. The van der Waals surface area contributed by atoms with Gasteiger partial charge in [-0.15, -0.1) is 0 Å². The lowest BCUT2D eigenvalue weighted by molar-refractivity contribution is -0.123. The number of nitrogens with zero attached hydrogens (tertiary/aromatic N) is 1. The van der Waals surface area contributed by atoms with Crippen LogP contribution in [0.5, 0.6) is 5.75 Å². The number of aryl methyl sites for hydroxylation is 2. The monoisotopic (exact) mass is 286 g/mol. The van der Waals surface area contributed by atoms with E-state index in [0.717, 1.165) is 5.56 Å². The summed E-state index contributed by atoms with van der Waals surface area (Å²) in [5, 5.41) is 2.67. The summed E-state index contributed by atoms with van der Waals surface area (Å²) in [5.41, 5.74) is 1.56. The molecule has 0 atom stereocenters. The molecule has 1 amide bonds. The van der Waals surface area contributed by atoms with Crippen molar-refractivity contribution in [1.29, 1.82) is 0 Å². The molecule has 0 bridgehead atoms. The molecule has 0 saturated carbocycles. The van der Waals surface area contributed by atoms with Crippen LogP contribution in [0.2, 0.25) is 0 Å². The highest BCUT2D eigenvalue weighted by Crippen LogP contribution is 2.10. The number of hydrogen-bond donors (Lipinski definition) is 1. The molecule has 0 aliphatic carbocycles. The van der Waals surface area contributed by atoms with Crippen LogP contribution in [0.25, 0.3) is 0 Å². The third-order valence-corrected chi connectivity index (χ3v) is 3.07. The number of amides is 1. The largest absolute Gasteiger partial charge is 0.484 e. The van der Waals surface area contributed by atoms with E-state index in [-0.39, 0.29) is 24.6 Å². The summed E-state index contributed by atoms with van der Waals surface area (Å²) in [5.74, 6) is 0.382. The Morgan fingerprint density at radius 1 is 1.24 bits per heavy atom. The van der Waals surface area contributed by atoms with Gasteiger partial charge in [-0.1, -0.05) is 23.8 Å². The van der Waals surface area contributed by atoms with Crippen LogP contribution in [0.15, 0.2) is 47.4 Å². The van der Waals surface area contributed by atoms with Crippen LogP contribution >= 0.6 is 0 Å². The quantitative estimate of drug-likeness (QED) is 0.903. The van der Waals surface area contributed by atoms with Crippen LogP contribution in [0.4, 0.5) is 0 Å². The van der Waals surface area contributed by atoms with Gasteiger partial charge in [0, 0.05) is 25.4 Å². The lowest BCUT2D eigenvalue weighted by Gasteiger charge is -2.08. The van der Waals surface area contributed by atoms with Crippen LogP contribution < -0.4 is 15.6 Å². The Bertz CT molecular complexity index is 675. The fraction of sp³-hybridized carbons (Fsp3) is 0.250. The zero-order valence-electron chi connectivity index (χ0n) is 12.1. The zero-order valence-corrected chi connectivity index (χ0v) is 12.1. The molecule has 5 heteroatoms. The van der Waals surface area contributed by atoms with Gasteiger partial charge < -0.3 is 14.6 Å². The van der Waals surface area contributed by atoms with E-state index in [0.29, 0.717) is 11.3 Å². The maximum atomic E-state index is 11.8. The van der Waals surface area contributed by atoms with Gasteiger partial charge in [0.1, 0.15) is 5.75 Å². The molecule has 21 heavy (non-hydrogen) atoms. The second-order valence-electron chi connectivity index (χ2n) is 4.83. The number of pyridine rings is 1. The lowest BCUT2D eigenvalue weighted by Crippen LogP contribution is -2.31. The van der Waals surface area contributed by atoms with Gasteiger partial charge in [-0.3, -0.25) is 9.59 Å². The van der Waals surface area contributed by atoms with Gasteiger partial charge in [0.05, 0.1) is 0 Å². The molecule has 0 saturated heterocycles. The molecule has 2 aromatic rings. The predicted molar refractivity (Wildman–Crippen MR) is 80.2 cm³/mol. The van der Waals surface area contributed by atoms with Crippen LogP contribution in [0, 0.1) is 6.92 Å². The van der Waals surface area contributed by atoms with E-state index in [1.54, 1.807) is 25.4 Å². The van der Waals surface area contributed by atoms with E-state index >= 15 is 0 Å². The van der Waals surface area contributed by atoms with Crippen molar-refractivity contribution >= 4 is 5.91 Å². The number of ether oxygens (including phenoxy) is 1. The van der Waals surface area contributed by atoms with Crippen molar-refractivity contribution < 1.29 is 9.53 Å². The molecule has 1 N–H and O–H groups in total. The molecule has 0 radical (unpaired) electrons. The summed E-state index contributed by atoms with van der Waals surface area (Å²) >= 11 is 0. The molecule has 110 valence electrons. The van der Waals surface area contributed by atoms with Gasteiger partial charge in [-0.25, -0.2) is 0 Å².